The van der Waals surface area contributed by atoms with Gasteiger partial charge in [-0.1, -0.05) is 12.1 Å². The van der Waals surface area contributed by atoms with E-state index in [4.69, 9.17) is 4.74 Å². The number of benzene rings is 1. The predicted molar refractivity (Wildman–Crippen MR) is 81.1 cm³/mol. The Labute approximate surface area is 142 Å². The smallest absolute Gasteiger partial charge is 0.458 e. The third kappa shape index (κ3) is 4.56. The zero-order valence-electron chi connectivity index (χ0n) is 14.1. The van der Waals surface area contributed by atoms with Crippen molar-refractivity contribution >= 4 is 11.9 Å². The number of carbonyl (C=O) groups excluding carboxylic acids is 2. The Kier molecular flexibility index (Phi) is 4.90. The summed E-state index contributed by atoms with van der Waals surface area (Å²) in [7, 11) is 0. The van der Waals surface area contributed by atoms with Gasteiger partial charge in [0, 0.05) is 5.56 Å². The van der Waals surface area contributed by atoms with Crippen LogP contribution in [0.4, 0.5) is 8.78 Å². The molecule has 0 bridgehead atoms. The highest BCUT2D eigenvalue weighted by Crippen LogP contribution is 2.45. The third-order valence-electron chi connectivity index (χ3n) is 3.08. The van der Waals surface area contributed by atoms with Crippen molar-refractivity contribution in [3.05, 3.63) is 23.8 Å². The van der Waals surface area contributed by atoms with Gasteiger partial charge in [0.2, 0.25) is 5.91 Å². The number of halogens is 2. The van der Waals surface area contributed by atoms with E-state index in [-0.39, 0.29) is 17.1 Å². The number of aliphatic hydroxyl groups excluding tert-OH is 1. The van der Waals surface area contributed by atoms with E-state index in [9.17, 15) is 23.5 Å². The molecule has 1 aliphatic heterocycles. The highest BCUT2D eigenvalue weighted by molar-refractivity contribution is 5.88. The van der Waals surface area contributed by atoms with E-state index >= 15 is 0 Å². The number of carbonyl (C=O) groups is 2. The molecule has 0 saturated heterocycles. The van der Waals surface area contributed by atoms with Crippen molar-refractivity contribution in [2.24, 2.45) is 0 Å². The van der Waals surface area contributed by atoms with Crippen LogP contribution in [0.15, 0.2) is 18.2 Å². The highest BCUT2D eigenvalue weighted by atomic mass is 19.3. The SMILES string of the molecule is C[C@H](O)C(=O)N[C@H](C(=O)OC(C)(C)C)c1cccc2c1OC(F)(F)O2. The molecule has 0 spiro atoms. The first-order chi connectivity index (χ1) is 11.4. The Balaban J connectivity index is 2.42. The van der Waals surface area contributed by atoms with Gasteiger partial charge in [0.1, 0.15) is 11.7 Å². The number of fused-ring (bicyclic) bond motifs is 1. The number of rotatable bonds is 4. The van der Waals surface area contributed by atoms with Gasteiger partial charge in [0.25, 0.3) is 0 Å². The number of hydrogen-bond donors (Lipinski definition) is 2. The fourth-order valence-electron chi connectivity index (χ4n) is 2.10. The molecule has 7 nitrogen and oxygen atoms in total. The minimum atomic E-state index is -3.88. The molecule has 1 aromatic rings. The molecule has 138 valence electrons. The second kappa shape index (κ2) is 6.47. The van der Waals surface area contributed by atoms with Gasteiger partial charge in [-0.2, -0.15) is 0 Å². The normalized spacial score (nSPS) is 17.6. The molecule has 1 heterocycles. The Hall–Kier alpha value is -2.42. The molecular formula is C16H19F2NO6. The van der Waals surface area contributed by atoms with Crippen LogP contribution >= 0.6 is 0 Å². The van der Waals surface area contributed by atoms with Crippen molar-refractivity contribution in [3.8, 4) is 11.5 Å². The molecule has 1 aliphatic rings. The van der Waals surface area contributed by atoms with Crippen molar-refractivity contribution < 1.29 is 37.7 Å². The molecule has 0 saturated carbocycles. The van der Waals surface area contributed by atoms with Gasteiger partial charge in [-0.15, -0.1) is 8.78 Å². The molecule has 0 radical (unpaired) electrons. The number of nitrogens with one attached hydrogen (secondary N) is 1. The number of hydrogen-bond acceptors (Lipinski definition) is 6. The van der Waals surface area contributed by atoms with Crippen LogP contribution in [0.25, 0.3) is 0 Å². The average molecular weight is 359 g/mol. The lowest BCUT2D eigenvalue weighted by Gasteiger charge is -2.25. The van der Waals surface area contributed by atoms with Gasteiger partial charge in [0.15, 0.2) is 17.5 Å². The molecule has 9 heteroatoms. The van der Waals surface area contributed by atoms with E-state index in [1.165, 1.54) is 25.1 Å². The van der Waals surface area contributed by atoms with Crippen LogP contribution in [0.1, 0.15) is 39.3 Å². The molecule has 0 unspecified atom stereocenters. The van der Waals surface area contributed by atoms with E-state index in [0.29, 0.717) is 0 Å². The van der Waals surface area contributed by atoms with Gasteiger partial charge in [-0.25, -0.2) is 4.79 Å². The summed E-state index contributed by atoms with van der Waals surface area (Å²) in [4.78, 5) is 24.3. The number of alkyl halides is 2. The summed E-state index contributed by atoms with van der Waals surface area (Å²) >= 11 is 0. The fourth-order valence-corrected chi connectivity index (χ4v) is 2.10. The van der Waals surface area contributed by atoms with Crippen LogP contribution < -0.4 is 14.8 Å². The van der Waals surface area contributed by atoms with E-state index in [0.717, 1.165) is 0 Å². The number of ether oxygens (including phenoxy) is 3. The average Bonchev–Trinajstić information content (AvgIpc) is 2.76. The maximum absolute atomic E-state index is 13.4. The minimum Gasteiger partial charge on any atom is -0.458 e. The summed E-state index contributed by atoms with van der Waals surface area (Å²) < 4.78 is 40.7. The maximum atomic E-state index is 13.4. The van der Waals surface area contributed by atoms with Crippen molar-refractivity contribution in [3.63, 3.8) is 0 Å². The van der Waals surface area contributed by atoms with Gasteiger partial charge in [-0.05, 0) is 33.8 Å². The first-order valence-corrected chi connectivity index (χ1v) is 7.50. The molecule has 2 N–H and O–H groups in total. The number of para-hydroxylation sites is 1. The minimum absolute atomic E-state index is 0.0714. The highest BCUT2D eigenvalue weighted by Gasteiger charge is 2.46. The lowest BCUT2D eigenvalue weighted by Crippen LogP contribution is -2.41. The Morgan fingerprint density at radius 2 is 1.92 bits per heavy atom. The van der Waals surface area contributed by atoms with Crippen LogP contribution in [0.3, 0.4) is 0 Å². The van der Waals surface area contributed by atoms with Crippen molar-refractivity contribution in [1.82, 2.24) is 5.32 Å². The third-order valence-corrected chi connectivity index (χ3v) is 3.08. The fraction of sp³-hybridized carbons (Fsp3) is 0.500. The van der Waals surface area contributed by atoms with Crippen LogP contribution in [-0.2, 0) is 14.3 Å². The van der Waals surface area contributed by atoms with Crippen LogP contribution in [0.5, 0.6) is 11.5 Å². The van der Waals surface area contributed by atoms with Crippen molar-refractivity contribution in [1.29, 1.82) is 0 Å². The largest absolute Gasteiger partial charge is 0.586 e. The topological polar surface area (TPSA) is 94.1 Å². The van der Waals surface area contributed by atoms with Gasteiger partial charge >= 0.3 is 12.3 Å². The molecule has 1 amide bonds. The summed E-state index contributed by atoms with van der Waals surface area (Å²) in [6.45, 7) is 6.04. The zero-order valence-corrected chi connectivity index (χ0v) is 14.1. The van der Waals surface area contributed by atoms with E-state index in [1.807, 2.05) is 0 Å². The van der Waals surface area contributed by atoms with Crippen LogP contribution in [0.2, 0.25) is 0 Å². The molecule has 0 fully saturated rings. The van der Waals surface area contributed by atoms with Crippen molar-refractivity contribution in [2.75, 3.05) is 0 Å². The summed E-state index contributed by atoms with van der Waals surface area (Å²) in [5, 5.41) is 11.6. The zero-order chi connectivity index (χ0) is 19.0. The molecule has 2 rings (SSSR count). The number of aliphatic hydroxyl groups is 1. The van der Waals surface area contributed by atoms with Gasteiger partial charge < -0.3 is 24.6 Å². The molecule has 1 aromatic carbocycles. The first-order valence-electron chi connectivity index (χ1n) is 7.50. The Morgan fingerprint density at radius 1 is 1.28 bits per heavy atom. The van der Waals surface area contributed by atoms with Gasteiger partial charge in [0.05, 0.1) is 0 Å². The second-order valence-corrected chi connectivity index (χ2v) is 6.49. The van der Waals surface area contributed by atoms with Gasteiger partial charge in [-0.3, -0.25) is 4.79 Å². The van der Waals surface area contributed by atoms with E-state index in [2.05, 4.69) is 14.8 Å². The number of amides is 1. The van der Waals surface area contributed by atoms with Crippen LogP contribution in [-0.4, -0.2) is 35.0 Å². The molecular weight excluding hydrogens is 340 g/mol. The van der Waals surface area contributed by atoms with E-state index in [1.54, 1.807) is 20.8 Å². The standard InChI is InChI=1S/C16H19F2NO6/c1-8(20)13(21)19-11(14(22)25-15(2,3)4)9-6-5-7-10-12(9)24-16(17,18)23-10/h5-8,11,20H,1-4H3,(H,19,21)/t8-,11-/m0/s1. The first kappa shape index (κ1) is 18.9. The van der Waals surface area contributed by atoms with Crippen LogP contribution in [0, 0.1) is 0 Å². The maximum Gasteiger partial charge on any atom is 0.586 e. The van der Waals surface area contributed by atoms with E-state index < -0.39 is 35.9 Å². The Morgan fingerprint density at radius 3 is 2.48 bits per heavy atom. The van der Waals surface area contributed by atoms with Crippen molar-refractivity contribution in [2.45, 2.75) is 51.7 Å². The quantitative estimate of drug-likeness (QED) is 0.798. The lowest BCUT2D eigenvalue weighted by atomic mass is 10.0. The summed E-state index contributed by atoms with van der Waals surface area (Å²) in [6.07, 6.45) is -5.30. The molecule has 0 aliphatic carbocycles. The summed E-state index contributed by atoms with van der Waals surface area (Å²) in [5.74, 6) is -2.43. The molecule has 0 aromatic heterocycles. The molecule has 2 atom stereocenters. The number of esters is 1. The second-order valence-electron chi connectivity index (χ2n) is 6.49. The monoisotopic (exact) mass is 359 g/mol. The lowest BCUT2D eigenvalue weighted by molar-refractivity contribution is -0.287. The predicted octanol–water partition coefficient (Wildman–Crippen LogP) is 1.89. The summed E-state index contributed by atoms with van der Waals surface area (Å²) in [6, 6.07) is 2.46. The molecule has 25 heavy (non-hydrogen) atoms. The Bertz CT molecular complexity index is 684. The summed E-state index contributed by atoms with van der Waals surface area (Å²) in [5.41, 5.74) is -0.956.